The largest absolute Gasteiger partial charge is 0.485 e. The first-order chi connectivity index (χ1) is 13.1. The van der Waals surface area contributed by atoms with Crippen LogP contribution in [0.25, 0.3) is 0 Å². The first-order valence-corrected chi connectivity index (χ1v) is 10.2. The Kier molecular flexibility index (Phi) is 5.27. The zero-order valence-corrected chi connectivity index (χ0v) is 16.4. The molecule has 4 rings (SSSR count). The maximum absolute atomic E-state index is 13.1. The Morgan fingerprint density at radius 3 is 2.89 bits per heavy atom. The lowest BCUT2D eigenvalue weighted by atomic mass is 10.2. The van der Waals surface area contributed by atoms with Gasteiger partial charge in [-0.05, 0) is 43.2 Å². The Morgan fingerprint density at radius 1 is 1.26 bits per heavy atom. The molecule has 0 bridgehead atoms. The molecule has 2 aliphatic rings. The molecule has 140 valence electrons. The molecule has 0 unspecified atom stereocenters. The molecule has 0 aliphatic carbocycles. The molecule has 0 spiro atoms. The van der Waals surface area contributed by atoms with Crippen molar-refractivity contribution in [2.24, 2.45) is 4.99 Å². The number of para-hydroxylation sites is 2. The molecule has 0 N–H and O–H groups in total. The van der Waals surface area contributed by atoms with Gasteiger partial charge in [0.05, 0.1) is 5.69 Å². The monoisotopic (exact) mass is 402 g/mol. The van der Waals surface area contributed by atoms with E-state index in [1.165, 1.54) is 0 Å². The number of fused-ring (bicyclic) bond motifs is 1. The Labute approximate surface area is 167 Å². The normalized spacial score (nSPS) is 20.6. The molecule has 7 heteroatoms. The lowest BCUT2D eigenvalue weighted by Gasteiger charge is -2.33. The summed E-state index contributed by atoms with van der Waals surface area (Å²) in [6.45, 7) is 2.76. The van der Waals surface area contributed by atoms with Crippen molar-refractivity contribution < 1.29 is 14.3 Å². The molecule has 1 atom stereocenters. The average molecular weight is 403 g/mol. The smallest absolute Gasteiger partial charge is 0.273 e. The lowest BCUT2D eigenvalue weighted by molar-refractivity contribution is -0.137. The summed E-state index contributed by atoms with van der Waals surface area (Å²) in [5, 5.41) is 1.34. The zero-order chi connectivity index (χ0) is 18.8. The van der Waals surface area contributed by atoms with E-state index in [2.05, 4.69) is 4.99 Å². The van der Waals surface area contributed by atoms with Gasteiger partial charge in [-0.2, -0.15) is 0 Å². The van der Waals surface area contributed by atoms with Gasteiger partial charge in [0.25, 0.3) is 5.91 Å². The van der Waals surface area contributed by atoms with Crippen molar-refractivity contribution in [3.8, 4) is 11.5 Å². The molecule has 2 aromatic rings. The highest BCUT2D eigenvalue weighted by Gasteiger charge is 2.34. The van der Waals surface area contributed by atoms with E-state index >= 15 is 0 Å². The summed E-state index contributed by atoms with van der Waals surface area (Å²) in [5.74, 6) is 2.05. The third-order valence-corrected chi connectivity index (χ3v) is 5.89. The van der Waals surface area contributed by atoms with E-state index in [1.807, 2.05) is 49.4 Å². The highest BCUT2D eigenvalue weighted by Crippen LogP contribution is 2.32. The van der Waals surface area contributed by atoms with Gasteiger partial charge < -0.3 is 9.47 Å². The summed E-state index contributed by atoms with van der Waals surface area (Å²) in [5.41, 5.74) is 1.73. The van der Waals surface area contributed by atoms with Gasteiger partial charge >= 0.3 is 0 Å². The number of amides is 1. The van der Waals surface area contributed by atoms with Crippen LogP contribution in [0.3, 0.4) is 0 Å². The van der Waals surface area contributed by atoms with Crippen molar-refractivity contribution in [3.63, 3.8) is 0 Å². The van der Waals surface area contributed by atoms with E-state index in [4.69, 9.17) is 21.1 Å². The number of hydrogen-bond donors (Lipinski definition) is 0. The first-order valence-electron chi connectivity index (χ1n) is 8.79. The number of rotatable bonds is 2. The predicted molar refractivity (Wildman–Crippen MR) is 108 cm³/mol. The van der Waals surface area contributed by atoms with Crippen molar-refractivity contribution in [2.45, 2.75) is 19.4 Å². The van der Waals surface area contributed by atoms with Crippen LogP contribution in [0, 0.1) is 6.92 Å². The number of carbonyl (C=O) groups is 1. The van der Waals surface area contributed by atoms with Gasteiger partial charge in [-0.3, -0.25) is 9.69 Å². The topological polar surface area (TPSA) is 51.1 Å². The number of aliphatic imine (C=N–C) groups is 1. The minimum absolute atomic E-state index is 0.131. The van der Waals surface area contributed by atoms with Crippen LogP contribution in [-0.4, -0.2) is 41.0 Å². The van der Waals surface area contributed by atoms with Gasteiger partial charge in [0.1, 0.15) is 6.61 Å². The molecule has 2 aliphatic heterocycles. The van der Waals surface area contributed by atoms with Gasteiger partial charge in [0.2, 0.25) is 6.10 Å². The van der Waals surface area contributed by atoms with Gasteiger partial charge in [-0.25, -0.2) is 4.99 Å². The number of ether oxygens (including phenoxy) is 2. The second-order valence-corrected chi connectivity index (χ2v) is 7.85. The molecule has 2 aromatic carbocycles. The highest BCUT2D eigenvalue weighted by molar-refractivity contribution is 8.13. The third kappa shape index (κ3) is 3.92. The molecule has 5 nitrogen and oxygen atoms in total. The van der Waals surface area contributed by atoms with Crippen LogP contribution in [0.15, 0.2) is 47.5 Å². The second-order valence-electron chi connectivity index (χ2n) is 6.38. The maximum Gasteiger partial charge on any atom is 0.273 e. The van der Waals surface area contributed by atoms with Crippen molar-refractivity contribution in [3.05, 3.63) is 53.1 Å². The van der Waals surface area contributed by atoms with Crippen LogP contribution in [0.2, 0.25) is 5.02 Å². The number of aryl methyl sites for hydroxylation is 1. The molecule has 1 amide bonds. The summed E-state index contributed by atoms with van der Waals surface area (Å²) in [7, 11) is 0. The molecule has 27 heavy (non-hydrogen) atoms. The van der Waals surface area contributed by atoms with Crippen LogP contribution in [0.5, 0.6) is 11.5 Å². The fourth-order valence-electron chi connectivity index (χ4n) is 2.93. The van der Waals surface area contributed by atoms with Crippen molar-refractivity contribution >= 4 is 40.1 Å². The van der Waals surface area contributed by atoms with Crippen LogP contribution in [0.1, 0.15) is 12.0 Å². The number of halogens is 1. The fourth-order valence-corrected chi connectivity index (χ4v) is 4.07. The predicted octanol–water partition coefficient (Wildman–Crippen LogP) is 4.44. The van der Waals surface area contributed by atoms with E-state index in [0.29, 0.717) is 28.2 Å². The summed E-state index contributed by atoms with van der Waals surface area (Å²) in [6, 6.07) is 13.0. The van der Waals surface area contributed by atoms with Crippen LogP contribution < -0.4 is 9.47 Å². The first kappa shape index (κ1) is 18.2. The Morgan fingerprint density at radius 2 is 2.07 bits per heavy atom. The maximum atomic E-state index is 13.1. The minimum atomic E-state index is -0.676. The number of hydrogen-bond acceptors (Lipinski definition) is 5. The zero-order valence-electron chi connectivity index (χ0n) is 14.9. The Hall–Kier alpha value is -2.18. The summed E-state index contributed by atoms with van der Waals surface area (Å²) in [6.07, 6.45) is 0.235. The molecular formula is C20H19ClN2O3S. The van der Waals surface area contributed by atoms with E-state index < -0.39 is 6.10 Å². The van der Waals surface area contributed by atoms with Gasteiger partial charge in [0, 0.05) is 17.3 Å². The number of thioether (sulfide) groups is 1. The average Bonchev–Trinajstić information content (AvgIpc) is 2.70. The molecule has 0 radical (unpaired) electrons. The lowest BCUT2D eigenvalue weighted by Crippen LogP contribution is -2.49. The Balaban J connectivity index is 1.56. The number of amidine groups is 1. The van der Waals surface area contributed by atoms with Crippen LogP contribution >= 0.6 is 23.4 Å². The van der Waals surface area contributed by atoms with Crippen molar-refractivity contribution in [1.82, 2.24) is 4.90 Å². The fraction of sp³-hybridized carbons (Fsp3) is 0.300. The molecule has 1 saturated heterocycles. The standard InChI is InChI=1S/C20H19ClN2O3S/c1-13-7-8-14(11-15(13)21)22-20-23(9-4-10-27-20)19(24)18-12-25-16-5-2-3-6-17(16)26-18/h2-3,5-8,11,18H,4,9-10,12H2,1H3/t18-/m0/s1. The van der Waals surface area contributed by atoms with E-state index in [0.717, 1.165) is 23.4 Å². The van der Waals surface area contributed by atoms with E-state index in [9.17, 15) is 4.79 Å². The third-order valence-electron chi connectivity index (χ3n) is 4.42. The number of carbonyl (C=O) groups excluding carboxylic acids is 1. The van der Waals surface area contributed by atoms with E-state index in [-0.39, 0.29) is 12.5 Å². The quantitative estimate of drug-likeness (QED) is 0.745. The molecule has 0 saturated carbocycles. The summed E-state index contributed by atoms with van der Waals surface area (Å²) in [4.78, 5) is 19.4. The van der Waals surface area contributed by atoms with Crippen molar-refractivity contribution in [1.29, 1.82) is 0 Å². The highest BCUT2D eigenvalue weighted by atomic mass is 35.5. The minimum Gasteiger partial charge on any atom is -0.485 e. The molecule has 0 aromatic heterocycles. The summed E-state index contributed by atoms with van der Waals surface area (Å²) < 4.78 is 11.6. The van der Waals surface area contributed by atoms with Gasteiger partial charge in [-0.1, -0.05) is 41.6 Å². The Bertz CT molecular complexity index is 903. The molecular weight excluding hydrogens is 384 g/mol. The van der Waals surface area contributed by atoms with Crippen molar-refractivity contribution in [2.75, 3.05) is 18.9 Å². The number of nitrogens with zero attached hydrogens (tertiary/aromatic N) is 2. The van der Waals surface area contributed by atoms with Crippen LogP contribution in [0.4, 0.5) is 5.69 Å². The van der Waals surface area contributed by atoms with E-state index in [1.54, 1.807) is 16.7 Å². The van der Waals surface area contributed by atoms with Gasteiger partial charge in [-0.15, -0.1) is 0 Å². The second kappa shape index (κ2) is 7.82. The molecule has 1 fully saturated rings. The summed E-state index contributed by atoms with van der Waals surface area (Å²) >= 11 is 7.78. The van der Waals surface area contributed by atoms with Gasteiger partial charge in [0.15, 0.2) is 16.7 Å². The van der Waals surface area contributed by atoms with Crippen LogP contribution in [-0.2, 0) is 4.79 Å². The number of benzene rings is 2. The molecule has 2 heterocycles. The SMILES string of the molecule is Cc1ccc(N=C2SCCCN2C(=O)[C@@H]2COc3ccccc3O2)cc1Cl.